The summed E-state index contributed by atoms with van der Waals surface area (Å²) >= 11 is 0. The average molecular weight is 221 g/mol. The summed E-state index contributed by atoms with van der Waals surface area (Å²) in [6, 6.07) is 2.08. The molecule has 0 fully saturated rings. The molecule has 0 aliphatic heterocycles. The fourth-order valence-electron chi connectivity index (χ4n) is 1.49. The highest BCUT2D eigenvalue weighted by molar-refractivity contribution is 5.16. The van der Waals surface area contributed by atoms with Crippen LogP contribution in [0.1, 0.15) is 31.5 Å². The monoisotopic (exact) mass is 221 g/mol. The Hall–Kier alpha value is -1.42. The van der Waals surface area contributed by atoms with Crippen LogP contribution in [0, 0.1) is 0 Å². The molecule has 88 valence electrons. The van der Waals surface area contributed by atoms with E-state index in [2.05, 4.69) is 21.9 Å². The van der Waals surface area contributed by atoms with Gasteiger partial charge in [-0.15, -0.1) is 6.58 Å². The summed E-state index contributed by atoms with van der Waals surface area (Å²) in [4.78, 5) is 8.24. The van der Waals surface area contributed by atoms with Crippen molar-refractivity contribution in [1.29, 1.82) is 0 Å². The average Bonchev–Trinajstić information content (AvgIpc) is 2.30. The third kappa shape index (κ3) is 3.62. The number of aromatic nitrogens is 2. The third-order valence-corrected chi connectivity index (χ3v) is 2.44. The molecule has 4 heteroatoms. The molecule has 0 amide bonds. The fourth-order valence-corrected chi connectivity index (χ4v) is 1.49. The standard InChI is InChI=1S/C12H19N3O/c1-9(2)5-6-10(13-3)11-7-12(16-4)15-8-14-11/h7-8,10,13H,1,5-6H2,2-4H3. The van der Waals surface area contributed by atoms with Crippen LogP contribution in [-0.2, 0) is 0 Å². The Bertz CT molecular complexity index is 352. The summed E-state index contributed by atoms with van der Waals surface area (Å²) in [5.41, 5.74) is 2.14. The van der Waals surface area contributed by atoms with E-state index in [0.717, 1.165) is 18.5 Å². The van der Waals surface area contributed by atoms with E-state index in [1.165, 1.54) is 11.9 Å². The maximum Gasteiger partial charge on any atom is 0.216 e. The molecule has 16 heavy (non-hydrogen) atoms. The number of nitrogens with zero attached hydrogens (tertiary/aromatic N) is 2. The smallest absolute Gasteiger partial charge is 0.216 e. The predicted molar refractivity (Wildman–Crippen MR) is 64.4 cm³/mol. The van der Waals surface area contributed by atoms with Gasteiger partial charge in [0, 0.05) is 12.1 Å². The van der Waals surface area contributed by atoms with Gasteiger partial charge in [-0.05, 0) is 26.8 Å². The van der Waals surface area contributed by atoms with Crippen LogP contribution in [0.2, 0.25) is 0 Å². The van der Waals surface area contributed by atoms with Gasteiger partial charge in [0.1, 0.15) is 6.33 Å². The molecule has 0 spiro atoms. The number of rotatable bonds is 6. The number of ether oxygens (including phenoxy) is 1. The molecule has 4 nitrogen and oxygen atoms in total. The van der Waals surface area contributed by atoms with Gasteiger partial charge < -0.3 is 10.1 Å². The van der Waals surface area contributed by atoms with Crippen LogP contribution in [0.3, 0.4) is 0 Å². The number of hydrogen-bond donors (Lipinski definition) is 1. The lowest BCUT2D eigenvalue weighted by Gasteiger charge is -2.15. The molecule has 0 radical (unpaired) electrons. The van der Waals surface area contributed by atoms with Gasteiger partial charge in [0.15, 0.2) is 0 Å². The van der Waals surface area contributed by atoms with Crippen LogP contribution in [0.25, 0.3) is 0 Å². The van der Waals surface area contributed by atoms with Crippen LogP contribution in [0.5, 0.6) is 5.88 Å². The quantitative estimate of drug-likeness (QED) is 0.747. The first-order chi connectivity index (χ1) is 7.67. The van der Waals surface area contributed by atoms with Crippen molar-refractivity contribution in [3.63, 3.8) is 0 Å². The second kappa shape index (κ2) is 6.23. The number of methoxy groups -OCH3 is 1. The molecule has 1 N–H and O–H groups in total. The van der Waals surface area contributed by atoms with Gasteiger partial charge in [0.25, 0.3) is 0 Å². The molecule has 0 aliphatic rings. The first-order valence-corrected chi connectivity index (χ1v) is 5.35. The van der Waals surface area contributed by atoms with Crippen LogP contribution in [-0.4, -0.2) is 24.1 Å². The second-order valence-corrected chi connectivity index (χ2v) is 3.82. The molecule has 0 saturated heterocycles. The van der Waals surface area contributed by atoms with Crippen molar-refractivity contribution < 1.29 is 4.74 Å². The molecule has 0 aliphatic carbocycles. The predicted octanol–water partition coefficient (Wildman–Crippen LogP) is 2.10. The molecule has 0 saturated carbocycles. The van der Waals surface area contributed by atoms with Crippen LogP contribution >= 0.6 is 0 Å². The summed E-state index contributed by atoms with van der Waals surface area (Å²) in [6.07, 6.45) is 3.49. The van der Waals surface area contributed by atoms with Crippen molar-refractivity contribution in [1.82, 2.24) is 15.3 Å². The minimum Gasteiger partial charge on any atom is -0.481 e. The van der Waals surface area contributed by atoms with Crippen molar-refractivity contribution in [2.45, 2.75) is 25.8 Å². The molecule has 0 bridgehead atoms. The van der Waals surface area contributed by atoms with E-state index in [1.807, 2.05) is 20.0 Å². The van der Waals surface area contributed by atoms with Crippen molar-refractivity contribution in [3.8, 4) is 5.88 Å². The highest BCUT2D eigenvalue weighted by Crippen LogP contribution is 2.20. The first kappa shape index (κ1) is 12.6. The van der Waals surface area contributed by atoms with Crippen molar-refractivity contribution in [2.75, 3.05) is 14.2 Å². The van der Waals surface area contributed by atoms with Gasteiger partial charge in [-0.1, -0.05) is 5.57 Å². The topological polar surface area (TPSA) is 47.0 Å². The highest BCUT2D eigenvalue weighted by Gasteiger charge is 2.11. The van der Waals surface area contributed by atoms with E-state index >= 15 is 0 Å². The zero-order valence-corrected chi connectivity index (χ0v) is 10.2. The van der Waals surface area contributed by atoms with Crippen LogP contribution in [0.4, 0.5) is 0 Å². The van der Waals surface area contributed by atoms with Crippen molar-refractivity contribution in [2.24, 2.45) is 0 Å². The molecule has 1 aromatic heterocycles. The zero-order valence-electron chi connectivity index (χ0n) is 10.2. The lowest BCUT2D eigenvalue weighted by Crippen LogP contribution is -2.17. The van der Waals surface area contributed by atoms with Gasteiger partial charge in [-0.3, -0.25) is 0 Å². The molecular weight excluding hydrogens is 202 g/mol. The van der Waals surface area contributed by atoms with Crippen molar-refractivity contribution in [3.05, 3.63) is 30.2 Å². The van der Waals surface area contributed by atoms with Gasteiger partial charge >= 0.3 is 0 Å². The summed E-state index contributed by atoms with van der Waals surface area (Å²) in [7, 11) is 3.53. The minimum absolute atomic E-state index is 0.216. The molecule has 1 atom stereocenters. The minimum atomic E-state index is 0.216. The normalized spacial score (nSPS) is 12.2. The molecule has 1 aromatic rings. The van der Waals surface area contributed by atoms with E-state index in [-0.39, 0.29) is 6.04 Å². The maximum atomic E-state index is 5.08. The Kier molecular flexibility index (Phi) is 4.92. The van der Waals surface area contributed by atoms with Crippen LogP contribution in [0.15, 0.2) is 24.5 Å². The summed E-state index contributed by atoms with van der Waals surface area (Å²) < 4.78 is 5.08. The summed E-state index contributed by atoms with van der Waals surface area (Å²) in [5.74, 6) is 0.598. The van der Waals surface area contributed by atoms with E-state index in [1.54, 1.807) is 7.11 Å². The maximum absolute atomic E-state index is 5.08. The number of hydrogen-bond acceptors (Lipinski definition) is 4. The highest BCUT2D eigenvalue weighted by atomic mass is 16.5. The van der Waals surface area contributed by atoms with E-state index < -0.39 is 0 Å². The largest absolute Gasteiger partial charge is 0.481 e. The van der Waals surface area contributed by atoms with Gasteiger partial charge in [-0.2, -0.15) is 0 Å². The molecule has 1 rings (SSSR count). The fraction of sp³-hybridized carbons (Fsp3) is 0.500. The van der Waals surface area contributed by atoms with Crippen LogP contribution < -0.4 is 10.1 Å². The Balaban J connectivity index is 2.73. The Morgan fingerprint density at radius 1 is 1.56 bits per heavy atom. The van der Waals surface area contributed by atoms with E-state index in [4.69, 9.17) is 4.74 Å². The van der Waals surface area contributed by atoms with Crippen molar-refractivity contribution >= 4 is 0 Å². The molecule has 0 aromatic carbocycles. The lowest BCUT2D eigenvalue weighted by molar-refractivity contribution is 0.393. The SMILES string of the molecule is C=C(C)CCC(NC)c1cc(OC)ncn1. The van der Waals surface area contributed by atoms with Gasteiger partial charge in [0.2, 0.25) is 5.88 Å². The van der Waals surface area contributed by atoms with Gasteiger partial charge in [0.05, 0.1) is 12.8 Å². The molecule has 1 unspecified atom stereocenters. The number of allylic oxidation sites excluding steroid dienone is 1. The molecule has 1 heterocycles. The number of nitrogens with one attached hydrogen (secondary N) is 1. The first-order valence-electron chi connectivity index (χ1n) is 5.35. The molecular formula is C12H19N3O. The Morgan fingerprint density at radius 3 is 2.88 bits per heavy atom. The van der Waals surface area contributed by atoms with Gasteiger partial charge in [-0.25, -0.2) is 9.97 Å². The summed E-state index contributed by atoms with van der Waals surface area (Å²) in [6.45, 7) is 5.94. The second-order valence-electron chi connectivity index (χ2n) is 3.82. The third-order valence-electron chi connectivity index (χ3n) is 2.44. The summed E-state index contributed by atoms with van der Waals surface area (Å²) in [5, 5.41) is 3.24. The lowest BCUT2D eigenvalue weighted by atomic mass is 10.0. The zero-order chi connectivity index (χ0) is 12.0. The Labute approximate surface area is 96.8 Å². The van der Waals surface area contributed by atoms with E-state index in [0.29, 0.717) is 5.88 Å². The Morgan fingerprint density at radius 2 is 2.31 bits per heavy atom. The van der Waals surface area contributed by atoms with E-state index in [9.17, 15) is 0 Å².